The van der Waals surface area contributed by atoms with Gasteiger partial charge in [-0.2, -0.15) is 0 Å². The van der Waals surface area contributed by atoms with Crippen LogP contribution in [0.3, 0.4) is 0 Å². The van der Waals surface area contributed by atoms with Crippen LogP contribution in [0.15, 0.2) is 54.0 Å². The van der Waals surface area contributed by atoms with Gasteiger partial charge in [-0.05, 0) is 18.2 Å². The van der Waals surface area contributed by atoms with E-state index < -0.39 is 144 Å². The Morgan fingerprint density at radius 1 is 0.339 bits per heavy atom. The summed E-state index contributed by atoms with van der Waals surface area (Å²) in [7, 11) is 0. The lowest BCUT2D eigenvalue weighted by molar-refractivity contribution is -0.851. The van der Waals surface area contributed by atoms with Crippen molar-refractivity contribution in [1.82, 2.24) is 0 Å². The van der Waals surface area contributed by atoms with Crippen molar-refractivity contribution in [3.05, 3.63) is 176 Å². The van der Waals surface area contributed by atoms with Gasteiger partial charge >= 0.3 is 0 Å². The molecule has 324 valence electrons. The third-order valence-electron chi connectivity index (χ3n) is 9.12. The maximum atomic E-state index is 15.4. The normalized spacial score (nSPS) is 11.6. The van der Waals surface area contributed by atoms with Crippen molar-refractivity contribution in [3.63, 3.8) is 0 Å². The van der Waals surface area contributed by atoms with Gasteiger partial charge in [0.05, 0.1) is 0 Å². The van der Waals surface area contributed by atoms with E-state index in [1.54, 1.807) is 34.3 Å². The topological polar surface area (TPSA) is 13.1 Å². The SMILES string of the molecule is Fc1c(F)c(F)c([B-](c2c(F)c(F)c(F)c(F)c2F)(c2c(F)c(F)c(F)c(F)c2F)c2c(F)c(F)c(F)c(F)c2F)c(F)c1F.Fc1ccccc1O[n+]1csc2ccccc21. The molecule has 0 N–H and O–H groups in total. The molecule has 7 rings (SSSR count). The molecule has 0 bridgehead atoms. The van der Waals surface area contributed by atoms with Gasteiger partial charge < -0.3 is 0 Å². The first-order valence-electron chi connectivity index (χ1n) is 16.1. The van der Waals surface area contributed by atoms with E-state index in [0.717, 1.165) is 10.2 Å². The minimum absolute atomic E-state index is 0.223. The number of thiazole rings is 1. The molecule has 0 spiro atoms. The number of rotatable bonds is 6. The average molecular weight is 925 g/mol. The van der Waals surface area contributed by atoms with Crippen LogP contribution in [0.4, 0.5) is 92.2 Å². The number of benzene rings is 6. The molecule has 25 heteroatoms. The van der Waals surface area contributed by atoms with Crippen LogP contribution in [-0.2, 0) is 0 Å². The molecule has 6 aromatic carbocycles. The maximum absolute atomic E-state index is 15.4. The molecule has 0 radical (unpaired) electrons. The molecular formula is C37H9BF21NOS. The van der Waals surface area contributed by atoms with Crippen LogP contribution in [0.25, 0.3) is 10.2 Å². The quantitative estimate of drug-likeness (QED) is 0.0534. The zero-order chi connectivity index (χ0) is 46.0. The second kappa shape index (κ2) is 16.5. The summed E-state index contributed by atoms with van der Waals surface area (Å²) in [5.74, 6) is -71.5. The van der Waals surface area contributed by atoms with Crippen molar-refractivity contribution >= 4 is 49.6 Å². The highest BCUT2D eigenvalue weighted by molar-refractivity contribution is 7.20. The molecule has 0 aliphatic heterocycles. The highest BCUT2D eigenvalue weighted by atomic mass is 32.1. The van der Waals surface area contributed by atoms with Crippen LogP contribution in [0.5, 0.6) is 5.75 Å². The lowest BCUT2D eigenvalue weighted by Gasteiger charge is -2.44. The standard InChI is InChI=1S/C24BF20.C13H9FNOS/c26-5-1(6(27)14(35)21(42)13(5)34)25(2-7(28)15(36)22(43)16(37)8(2)29,3-9(30)17(38)23(44)18(39)10(3)31)4-11(32)19(40)24(45)20(41)12(4)33;14-10-5-1-3-7-12(10)16-15-9-17-13-8-4-2-6-11(13)15/h;1-9H/q-1;+1. The third-order valence-corrected chi connectivity index (χ3v) is 10.0. The molecule has 0 fully saturated rings. The molecule has 1 aromatic heterocycles. The van der Waals surface area contributed by atoms with Crippen LogP contribution in [0.2, 0.25) is 0 Å². The Balaban J connectivity index is 0.000000311. The lowest BCUT2D eigenvalue weighted by atomic mass is 9.12. The van der Waals surface area contributed by atoms with Crippen molar-refractivity contribution in [2.45, 2.75) is 0 Å². The summed E-state index contributed by atoms with van der Waals surface area (Å²) < 4.78 is 310. The first-order chi connectivity index (χ1) is 29.0. The summed E-state index contributed by atoms with van der Waals surface area (Å²) in [4.78, 5) is 5.51. The van der Waals surface area contributed by atoms with E-state index in [1.807, 2.05) is 29.8 Å². The van der Waals surface area contributed by atoms with Gasteiger partial charge in [-0.15, -0.1) is 21.9 Å². The molecular weight excluding hydrogens is 916 g/mol. The summed E-state index contributed by atoms with van der Waals surface area (Å²) in [5, 5.41) is 0. The maximum Gasteiger partial charge on any atom is 0.278 e. The molecule has 62 heavy (non-hydrogen) atoms. The monoisotopic (exact) mass is 925 g/mol. The highest BCUT2D eigenvalue weighted by Gasteiger charge is 2.52. The summed E-state index contributed by atoms with van der Waals surface area (Å²) in [6.07, 6.45) is -7.22. The van der Waals surface area contributed by atoms with E-state index in [9.17, 15) is 57.1 Å². The van der Waals surface area contributed by atoms with Gasteiger partial charge in [0, 0.05) is 10.8 Å². The number of nitrogens with zero attached hydrogens (tertiary/aromatic N) is 1. The average Bonchev–Trinajstić information content (AvgIpc) is 3.67. The Morgan fingerprint density at radius 3 is 0.935 bits per heavy atom. The molecule has 0 unspecified atom stereocenters. The minimum Gasteiger partial charge on any atom is -0.227 e. The Hall–Kier alpha value is -6.40. The van der Waals surface area contributed by atoms with Crippen molar-refractivity contribution < 1.29 is 102 Å². The van der Waals surface area contributed by atoms with Crippen molar-refractivity contribution in [1.29, 1.82) is 0 Å². The van der Waals surface area contributed by atoms with Crippen LogP contribution in [0, 0.1) is 122 Å². The largest absolute Gasteiger partial charge is 0.278 e. The van der Waals surface area contributed by atoms with Gasteiger partial charge in [0.25, 0.3) is 11.0 Å². The number of hydrogen-bond donors (Lipinski definition) is 0. The Bertz CT molecular complexity index is 2600. The van der Waals surface area contributed by atoms with Crippen LogP contribution in [0.1, 0.15) is 0 Å². The molecule has 0 aliphatic rings. The van der Waals surface area contributed by atoms with Gasteiger partial charge in [0.15, 0.2) is 75.6 Å². The number of halogens is 21. The molecule has 0 saturated carbocycles. The van der Waals surface area contributed by atoms with Crippen LogP contribution in [-0.4, -0.2) is 6.15 Å². The van der Waals surface area contributed by atoms with Crippen molar-refractivity contribution in [2.75, 3.05) is 0 Å². The molecule has 0 aliphatic carbocycles. The highest BCUT2D eigenvalue weighted by Crippen LogP contribution is 2.31. The van der Waals surface area contributed by atoms with E-state index >= 15 is 35.1 Å². The summed E-state index contributed by atoms with van der Waals surface area (Å²) in [5.41, 5.74) is -11.6. The fraction of sp³-hybridized carbons (Fsp3) is 0. The Labute approximate surface area is 333 Å². The number of para-hydroxylation sites is 2. The number of hydrogen-bond acceptors (Lipinski definition) is 2. The van der Waals surface area contributed by atoms with Crippen molar-refractivity contribution in [3.8, 4) is 5.75 Å². The molecule has 0 atom stereocenters. The van der Waals surface area contributed by atoms with E-state index in [0.29, 0.717) is 0 Å². The van der Waals surface area contributed by atoms with Gasteiger partial charge in [0.2, 0.25) is 5.75 Å². The summed E-state index contributed by atoms with van der Waals surface area (Å²) >= 11 is 1.55. The summed E-state index contributed by atoms with van der Waals surface area (Å²) in [6, 6.07) is 14.2. The second-order valence-electron chi connectivity index (χ2n) is 12.3. The van der Waals surface area contributed by atoms with E-state index in [1.165, 1.54) is 6.07 Å². The first kappa shape index (κ1) is 45.1. The molecule has 2 nitrogen and oxygen atoms in total. The van der Waals surface area contributed by atoms with E-state index in [2.05, 4.69) is 0 Å². The van der Waals surface area contributed by atoms with Gasteiger partial charge in [-0.3, -0.25) is 0 Å². The smallest absolute Gasteiger partial charge is 0.227 e. The van der Waals surface area contributed by atoms with Gasteiger partial charge in [-0.1, -0.05) is 35.6 Å². The van der Waals surface area contributed by atoms with Gasteiger partial charge in [0.1, 0.15) is 57.4 Å². The predicted molar refractivity (Wildman–Crippen MR) is 174 cm³/mol. The molecule has 1 heterocycles. The first-order valence-corrected chi connectivity index (χ1v) is 17.0. The zero-order valence-corrected chi connectivity index (χ0v) is 29.8. The van der Waals surface area contributed by atoms with Crippen LogP contribution >= 0.6 is 11.3 Å². The lowest BCUT2D eigenvalue weighted by Crippen LogP contribution is -2.81. The Kier molecular flexibility index (Phi) is 12.0. The number of aromatic nitrogens is 1. The predicted octanol–water partition coefficient (Wildman–Crippen LogP) is 9.02. The summed E-state index contributed by atoms with van der Waals surface area (Å²) in [6.45, 7) is 0. The second-order valence-corrected chi connectivity index (χ2v) is 13.2. The number of fused-ring (bicyclic) bond motifs is 1. The van der Waals surface area contributed by atoms with E-state index in [4.69, 9.17) is 4.84 Å². The van der Waals surface area contributed by atoms with Crippen molar-refractivity contribution in [2.24, 2.45) is 0 Å². The fourth-order valence-corrected chi connectivity index (χ4v) is 7.27. The molecule has 0 amide bonds. The fourth-order valence-electron chi connectivity index (χ4n) is 6.47. The van der Waals surface area contributed by atoms with E-state index in [-0.39, 0.29) is 11.6 Å². The zero-order valence-electron chi connectivity index (χ0n) is 29.0. The molecule has 7 aromatic rings. The molecule has 0 saturated heterocycles. The van der Waals surface area contributed by atoms with Crippen LogP contribution < -0.4 is 31.4 Å². The van der Waals surface area contributed by atoms with Gasteiger partial charge in [-0.25, -0.2) is 97.0 Å². The third kappa shape index (κ3) is 6.72. The minimum atomic E-state index is -7.22. The Morgan fingerprint density at radius 2 is 0.613 bits per heavy atom.